The van der Waals surface area contributed by atoms with E-state index in [0.717, 1.165) is 25.1 Å². The summed E-state index contributed by atoms with van der Waals surface area (Å²) in [5.74, 6) is 0.378. The number of halogens is 1. The Hall–Kier alpha value is -1.45. The van der Waals surface area contributed by atoms with E-state index >= 15 is 0 Å². The van der Waals surface area contributed by atoms with Crippen molar-refractivity contribution < 1.29 is 0 Å². The first-order valence-electron chi connectivity index (χ1n) is 7.58. The molecule has 2 aromatic rings. The molecule has 1 aliphatic rings. The van der Waals surface area contributed by atoms with Crippen LogP contribution in [-0.4, -0.2) is 16.5 Å². The third-order valence-electron chi connectivity index (χ3n) is 4.13. The van der Waals surface area contributed by atoms with E-state index in [9.17, 15) is 0 Å². The summed E-state index contributed by atoms with van der Waals surface area (Å²) in [5, 5.41) is 4.26. The monoisotopic (exact) mass is 301 g/mol. The average Bonchev–Trinajstić information content (AvgIpc) is 2.53. The van der Waals surface area contributed by atoms with Crippen molar-refractivity contribution in [3.05, 3.63) is 58.6 Å². The zero-order valence-electron chi connectivity index (χ0n) is 12.2. The van der Waals surface area contributed by atoms with Gasteiger partial charge in [-0.1, -0.05) is 24.6 Å². The summed E-state index contributed by atoms with van der Waals surface area (Å²) in [5.41, 5.74) is 3.65. The number of nitrogens with one attached hydrogen (secondary N) is 1. The summed E-state index contributed by atoms with van der Waals surface area (Å²) in [4.78, 5) is 9.18. The van der Waals surface area contributed by atoms with Crippen LogP contribution in [0.5, 0.6) is 0 Å². The van der Waals surface area contributed by atoms with Crippen LogP contribution in [0, 0.1) is 0 Å². The van der Waals surface area contributed by atoms with Crippen molar-refractivity contribution in [3.8, 4) is 0 Å². The summed E-state index contributed by atoms with van der Waals surface area (Å²) in [6.45, 7) is 3.04. The van der Waals surface area contributed by atoms with Gasteiger partial charge in [0.2, 0.25) is 0 Å². The number of nitrogens with zero attached hydrogens (tertiary/aromatic N) is 2. The Bertz CT molecular complexity index is 597. The van der Waals surface area contributed by atoms with E-state index in [4.69, 9.17) is 11.6 Å². The van der Waals surface area contributed by atoms with Crippen LogP contribution in [0.15, 0.2) is 36.7 Å². The maximum atomic E-state index is 5.97. The summed E-state index contributed by atoms with van der Waals surface area (Å²) in [7, 11) is 0. The fourth-order valence-electron chi connectivity index (χ4n) is 3.21. The topological polar surface area (TPSA) is 37.8 Å². The van der Waals surface area contributed by atoms with Gasteiger partial charge >= 0.3 is 0 Å². The van der Waals surface area contributed by atoms with Crippen molar-refractivity contribution in [1.82, 2.24) is 15.3 Å². The molecule has 2 heterocycles. The fraction of sp³-hybridized carbons (Fsp3) is 0.412. The first kappa shape index (κ1) is 14.5. The molecule has 2 unspecified atom stereocenters. The summed E-state index contributed by atoms with van der Waals surface area (Å²) >= 11 is 5.97. The standard InChI is InChI=1S/C17H20ClN3/c1-2-19-17(15-9-8-13(18)11-21-15)14-7-3-5-12-6-4-10-20-16(12)14/h4,6,8-11,14,17,19H,2-3,5,7H2,1H3. The Kier molecular flexibility index (Phi) is 4.51. The molecular weight excluding hydrogens is 282 g/mol. The van der Waals surface area contributed by atoms with Crippen LogP contribution >= 0.6 is 11.6 Å². The second kappa shape index (κ2) is 6.54. The second-order valence-electron chi connectivity index (χ2n) is 5.48. The molecular formula is C17H20ClN3. The molecule has 21 heavy (non-hydrogen) atoms. The van der Waals surface area contributed by atoms with Crippen LogP contribution in [0.1, 0.15) is 48.7 Å². The van der Waals surface area contributed by atoms with Gasteiger partial charge in [0.05, 0.1) is 16.8 Å². The summed E-state index contributed by atoms with van der Waals surface area (Å²) in [6.07, 6.45) is 7.11. The van der Waals surface area contributed by atoms with Gasteiger partial charge in [0.25, 0.3) is 0 Å². The fourth-order valence-corrected chi connectivity index (χ4v) is 3.33. The predicted molar refractivity (Wildman–Crippen MR) is 85.6 cm³/mol. The average molecular weight is 302 g/mol. The maximum Gasteiger partial charge on any atom is 0.0589 e. The molecule has 0 amide bonds. The Morgan fingerprint density at radius 3 is 3.00 bits per heavy atom. The van der Waals surface area contributed by atoms with Crippen LogP contribution in [0.2, 0.25) is 5.02 Å². The van der Waals surface area contributed by atoms with E-state index in [0.29, 0.717) is 10.9 Å². The van der Waals surface area contributed by atoms with Gasteiger partial charge in [-0.15, -0.1) is 0 Å². The number of aryl methyl sites for hydroxylation is 1. The van der Waals surface area contributed by atoms with Gasteiger partial charge in [-0.2, -0.15) is 0 Å². The minimum Gasteiger partial charge on any atom is -0.308 e. The molecule has 0 aromatic carbocycles. The molecule has 0 bridgehead atoms. The van der Waals surface area contributed by atoms with Crippen LogP contribution < -0.4 is 5.32 Å². The Morgan fingerprint density at radius 1 is 1.33 bits per heavy atom. The first-order chi connectivity index (χ1) is 10.3. The lowest BCUT2D eigenvalue weighted by Crippen LogP contribution is -2.30. The molecule has 3 rings (SSSR count). The van der Waals surface area contributed by atoms with Crippen molar-refractivity contribution in [2.45, 2.75) is 38.1 Å². The molecule has 0 fully saturated rings. The molecule has 0 saturated heterocycles. The molecule has 0 radical (unpaired) electrons. The van der Waals surface area contributed by atoms with Crippen LogP contribution in [0.3, 0.4) is 0 Å². The molecule has 0 aliphatic heterocycles. The number of aromatic nitrogens is 2. The van der Waals surface area contributed by atoms with Gasteiger partial charge in [0.1, 0.15) is 0 Å². The third kappa shape index (κ3) is 3.09. The number of likely N-dealkylation sites (N-methyl/N-ethyl adjacent to an activating group) is 1. The highest BCUT2D eigenvalue weighted by molar-refractivity contribution is 6.30. The van der Waals surface area contributed by atoms with Gasteiger partial charge in [0, 0.05) is 24.0 Å². The smallest absolute Gasteiger partial charge is 0.0589 e. The van der Waals surface area contributed by atoms with Crippen molar-refractivity contribution in [3.63, 3.8) is 0 Å². The lowest BCUT2D eigenvalue weighted by molar-refractivity contribution is 0.394. The van der Waals surface area contributed by atoms with Crippen molar-refractivity contribution in [2.75, 3.05) is 6.54 Å². The Balaban J connectivity index is 1.96. The third-order valence-corrected chi connectivity index (χ3v) is 4.36. The molecule has 1 N–H and O–H groups in total. The molecule has 0 saturated carbocycles. The van der Waals surface area contributed by atoms with Crippen molar-refractivity contribution >= 4 is 11.6 Å². The van der Waals surface area contributed by atoms with Gasteiger partial charge in [-0.05, 0) is 49.6 Å². The Morgan fingerprint density at radius 2 is 2.24 bits per heavy atom. The zero-order chi connectivity index (χ0) is 14.7. The van der Waals surface area contributed by atoms with Gasteiger partial charge in [-0.25, -0.2) is 0 Å². The minimum absolute atomic E-state index is 0.196. The summed E-state index contributed by atoms with van der Waals surface area (Å²) < 4.78 is 0. The summed E-state index contributed by atoms with van der Waals surface area (Å²) in [6, 6.07) is 8.36. The highest BCUT2D eigenvalue weighted by Crippen LogP contribution is 2.38. The lowest BCUT2D eigenvalue weighted by atomic mass is 9.80. The predicted octanol–water partition coefficient (Wildman–Crippen LogP) is 3.90. The SMILES string of the molecule is CCNC(c1ccc(Cl)cn1)C1CCCc2cccnc21. The maximum absolute atomic E-state index is 5.97. The molecule has 1 aliphatic carbocycles. The number of pyridine rings is 2. The number of hydrogen-bond donors (Lipinski definition) is 1. The molecule has 4 heteroatoms. The van der Waals surface area contributed by atoms with E-state index in [2.05, 4.69) is 28.3 Å². The van der Waals surface area contributed by atoms with E-state index in [1.807, 2.05) is 24.4 Å². The largest absolute Gasteiger partial charge is 0.308 e. The molecule has 3 nitrogen and oxygen atoms in total. The lowest BCUT2D eigenvalue weighted by Gasteiger charge is -2.31. The molecule has 2 atom stereocenters. The zero-order valence-corrected chi connectivity index (χ0v) is 13.0. The molecule has 110 valence electrons. The van der Waals surface area contributed by atoms with Gasteiger partial charge < -0.3 is 5.32 Å². The van der Waals surface area contributed by atoms with Gasteiger partial charge in [0.15, 0.2) is 0 Å². The van der Waals surface area contributed by atoms with E-state index in [1.165, 1.54) is 17.7 Å². The second-order valence-corrected chi connectivity index (χ2v) is 5.92. The number of fused-ring (bicyclic) bond motifs is 1. The van der Waals surface area contributed by atoms with E-state index < -0.39 is 0 Å². The van der Waals surface area contributed by atoms with Crippen molar-refractivity contribution in [1.29, 1.82) is 0 Å². The number of rotatable bonds is 4. The first-order valence-corrected chi connectivity index (χ1v) is 7.96. The minimum atomic E-state index is 0.196. The highest BCUT2D eigenvalue weighted by Gasteiger charge is 2.30. The van der Waals surface area contributed by atoms with Crippen LogP contribution in [-0.2, 0) is 6.42 Å². The van der Waals surface area contributed by atoms with E-state index in [1.54, 1.807) is 6.20 Å². The van der Waals surface area contributed by atoms with E-state index in [-0.39, 0.29) is 6.04 Å². The highest BCUT2D eigenvalue weighted by atomic mass is 35.5. The van der Waals surface area contributed by atoms with Crippen molar-refractivity contribution in [2.24, 2.45) is 0 Å². The quantitative estimate of drug-likeness (QED) is 0.930. The molecule has 2 aromatic heterocycles. The van der Waals surface area contributed by atoms with Crippen LogP contribution in [0.25, 0.3) is 0 Å². The molecule has 0 spiro atoms. The Labute approximate surface area is 130 Å². The van der Waals surface area contributed by atoms with Crippen LogP contribution in [0.4, 0.5) is 0 Å². The number of hydrogen-bond acceptors (Lipinski definition) is 3. The van der Waals surface area contributed by atoms with Gasteiger partial charge in [-0.3, -0.25) is 9.97 Å². The normalized spacial score (nSPS) is 19.0.